The molecule has 1 aromatic heterocycles. The lowest BCUT2D eigenvalue weighted by Crippen LogP contribution is -2.12. The fourth-order valence-electron chi connectivity index (χ4n) is 1.84. The van der Waals surface area contributed by atoms with Crippen molar-refractivity contribution < 1.29 is 13.9 Å². The minimum atomic E-state index is -0.510. The highest BCUT2D eigenvalue weighted by molar-refractivity contribution is 9.10. The number of benzene rings is 1. The van der Waals surface area contributed by atoms with Crippen LogP contribution in [-0.4, -0.2) is 13.1 Å². The molecule has 2 rings (SSSR count). The molecule has 0 fully saturated rings. The Morgan fingerprint density at radius 1 is 1.37 bits per heavy atom. The molecule has 100 valence electrons. The van der Waals surface area contributed by atoms with Crippen LogP contribution in [0.15, 0.2) is 39.2 Å². The van der Waals surface area contributed by atoms with Gasteiger partial charge in [-0.15, -0.1) is 0 Å². The second-order valence-corrected chi connectivity index (χ2v) is 4.98. The van der Waals surface area contributed by atoms with Crippen LogP contribution < -0.4 is 5.73 Å². The molecule has 0 aliphatic rings. The van der Waals surface area contributed by atoms with E-state index in [4.69, 9.17) is 10.2 Å². The lowest BCUT2D eigenvalue weighted by Gasteiger charge is -2.13. The highest BCUT2D eigenvalue weighted by Gasteiger charge is 2.18. The topological polar surface area (TPSA) is 65.5 Å². The van der Waals surface area contributed by atoms with Gasteiger partial charge in [-0.1, -0.05) is 28.1 Å². The number of halogens is 1. The van der Waals surface area contributed by atoms with Gasteiger partial charge < -0.3 is 14.9 Å². The molecule has 0 saturated carbocycles. The average molecular weight is 324 g/mol. The Morgan fingerprint density at radius 3 is 2.79 bits per heavy atom. The summed E-state index contributed by atoms with van der Waals surface area (Å²) in [6.45, 7) is 1.98. The number of rotatable bonds is 3. The summed E-state index contributed by atoms with van der Waals surface area (Å²) in [5, 5.41) is 0. The average Bonchev–Trinajstić information content (AvgIpc) is 2.90. The van der Waals surface area contributed by atoms with Crippen molar-refractivity contribution in [1.29, 1.82) is 0 Å². The van der Waals surface area contributed by atoms with Crippen molar-refractivity contribution in [2.24, 2.45) is 5.73 Å². The summed E-state index contributed by atoms with van der Waals surface area (Å²) < 4.78 is 11.0. The van der Waals surface area contributed by atoms with E-state index in [-0.39, 0.29) is 5.76 Å². The monoisotopic (exact) mass is 323 g/mol. The van der Waals surface area contributed by atoms with Crippen molar-refractivity contribution in [2.45, 2.75) is 13.0 Å². The van der Waals surface area contributed by atoms with Gasteiger partial charge in [0.2, 0.25) is 5.76 Å². The smallest absolute Gasteiger partial charge is 0.373 e. The number of esters is 1. The summed E-state index contributed by atoms with van der Waals surface area (Å²) in [5.74, 6) is 0.173. The third-order valence-corrected chi connectivity index (χ3v) is 3.82. The maximum absolute atomic E-state index is 11.3. The first-order chi connectivity index (χ1) is 9.04. The molecule has 1 unspecified atom stereocenters. The Bertz CT molecular complexity index is 606. The van der Waals surface area contributed by atoms with Gasteiger partial charge in [-0.3, -0.25) is 0 Å². The Hall–Kier alpha value is -1.59. The summed E-state index contributed by atoms with van der Waals surface area (Å²) in [6, 6.07) is 8.64. The van der Waals surface area contributed by atoms with Gasteiger partial charge in [0, 0.05) is 4.47 Å². The number of carbonyl (C=O) groups excluding carboxylic acids is 1. The summed E-state index contributed by atoms with van der Waals surface area (Å²) in [4.78, 5) is 11.3. The molecule has 4 nitrogen and oxygen atoms in total. The molecule has 19 heavy (non-hydrogen) atoms. The molecule has 0 spiro atoms. The summed E-state index contributed by atoms with van der Waals surface area (Å²) in [6.07, 6.45) is 0. The van der Waals surface area contributed by atoms with Gasteiger partial charge >= 0.3 is 5.97 Å². The lowest BCUT2D eigenvalue weighted by atomic mass is 10.0. The largest absolute Gasteiger partial charge is 0.463 e. The zero-order chi connectivity index (χ0) is 14.0. The minimum Gasteiger partial charge on any atom is -0.463 e. The number of nitrogens with two attached hydrogens (primary N) is 1. The van der Waals surface area contributed by atoms with Crippen LogP contribution >= 0.6 is 15.9 Å². The molecule has 0 saturated heterocycles. The summed E-state index contributed by atoms with van der Waals surface area (Å²) >= 11 is 3.47. The van der Waals surface area contributed by atoms with E-state index >= 15 is 0 Å². The molecule has 0 aliphatic carbocycles. The molecule has 0 radical (unpaired) electrons. The fraction of sp³-hybridized carbons (Fsp3) is 0.214. The van der Waals surface area contributed by atoms with Gasteiger partial charge in [-0.05, 0) is 36.2 Å². The molecule has 1 aromatic carbocycles. The maximum Gasteiger partial charge on any atom is 0.373 e. The summed E-state index contributed by atoms with van der Waals surface area (Å²) in [5.41, 5.74) is 8.17. The zero-order valence-corrected chi connectivity index (χ0v) is 12.2. The number of carbonyl (C=O) groups is 1. The molecular weight excluding hydrogens is 310 g/mol. The first kappa shape index (κ1) is 13.8. The molecular formula is C14H14BrNO3. The van der Waals surface area contributed by atoms with E-state index in [9.17, 15) is 4.79 Å². The van der Waals surface area contributed by atoms with Gasteiger partial charge in [0.25, 0.3) is 0 Å². The number of hydrogen-bond acceptors (Lipinski definition) is 4. The van der Waals surface area contributed by atoms with Gasteiger partial charge in [-0.25, -0.2) is 4.79 Å². The normalized spacial score (nSPS) is 12.2. The van der Waals surface area contributed by atoms with Crippen molar-refractivity contribution in [1.82, 2.24) is 0 Å². The van der Waals surface area contributed by atoms with Gasteiger partial charge in [0.05, 0.1) is 13.2 Å². The van der Waals surface area contributed by atoms with E-state index in [1.54, 1.807) is 12.1 Å². The highest BCUT2D eigenvalue weighted by Crippen LogP contribution is 2.28. The van der Waals surface area contributed by atoms with Crippen LogP contribution in [-0.2, 0) is 4.74 Å². The molecule has 1 atom stereocenters. The molecule has 0 aliphatic heterocycles. The third-order valence-electron chi connectivity index (χ3n) is 2.96. The van der Waals surface area contributed by atoms with Crippen molar-refractivity contribution in [3.8, 4) is 0 Å². The zero-order valence-electron chi connectivity index (χ0n) is 10.6. The quantitative estimate of drug-likeness (QED) is 0.881. The Kier molecular flexibility index (Phi) is 4.07. The Morgan fingerprint density at radius 2 is 2.11 bits per heavy atom. The number of ether oxygens (including phenoxy) is 1. The SMILES string of the molecule is COC(=O)c1ccc(C(N)c2cccc(Br)c2C)o1. The van der Waals surface area contributed by atoms with Crippen LogP contribution in [0, 0.1) is 6.92 Å². The molecule has 5 heteroatoms. The van der Waals surface area contributed by atoms with E-state index < -0.39 is 12.0 Å². The number of hydrogen-bond donors (Lipinski definition) is 1. The Balaban J connectivity index is 2.34. The van der Waals surface area contributed by atoms with Crippen LogP contribution in [0.1, 0.15) is 33.5 Å². The highest BCUT2D eigenvalue weighted by atomic mass is 79.9. The number of furan rings is 1. The van der Waals surface area contributed by atoms with Crippen LogP contribution in [0.2, 0.25) is 0 Å². The fourth-order valence-corrected chi connectivity index (χ4v) is 2.23. The second-order valence-electron chi connectivity index (χ2n) is 4.13. The van der Waals surface area contributed by atoms with E-state index in [2.05, 4.69) is 20.7 Å². The van der Waals surface area contributed by atoms with E-state index in [0.717, 1.165) is 15.6 Å². The first-order valence-corrected chi connectivity index (χ1v) is 6.52. The predicted molar refractivity (Wildman–Crippen MR) is 75.0 cm³/mol. The van der Waals surface area contributed by atoms with Crippen molar-refractivity contribution in [3.63, 3.8) is 0 Å². The predicted octanol–water partition coefficient (Wildman–Crippen LogP) is 3.19. The van der Waals surface area contributed by atoms with E-state index in [0.29, 0.717) is 5.76 Å². The van der Waals surface area contributed by atoms with Crippen LogP contribution in [0.5, 0.6) is 0 Å². The molecule has 2 aromatic rings. The molecule has 1 heterocycles. The maximum atomic E-state index is 11.3. The van der Waals surface area contributed by atoms with Crippen molar-refractivity contribution in [3.05, 3.63) is 57.5 Å². The van der Waals surface area contributed by atoms with E-state index in [1.807, 2.05) is 25.1 Å². The minimum absolute atomic E-state index is 0.153. The van der Waals surface area contributed by atoms with Crippen LogP contribution in [0.25, 0.3) is 0 Å². The number of methoxy groups -OCH3 is 1. The third kappa shape index (κ3) is 2.72. The van der Waals surface area contributed by atoms with Crippen molar-refractivity contribution >= 4 is 21.9 Å². The molecule has 0 amide bonds. The van der Waals surface area contributed by atoms with Gasteiger partial charge in [0.1, 0.15) is 5.76 Å². The van der Waals surface area contributed by atoms with Gasteiger partial charge in [-0.2, -0.15) is 0 Å². The first-order valence-electron chi connectivity index (χ1n) is 5.73. The standard InChI is InChI=1S/C14H14BrNO3/c1-8-9(4-3-5-10(8)15)13(16)11-6-7-12(19-11)14(17)18-2/h3-7,13H,16H2,1-2H3. The molecule has 0 bridgehead atoms. The van der Waals surface area contributed by atoms with Crippen molar-refractivity contribution in [2.75, 3.05) is 7.11 Å². The van der Waals surface area contributed by atoms with Gasteiger partial charge in [0.15, 0.2) is 0 Å². The summed E-state index contributed by atoms with van der Waals surface area (Å²) in [7, 11) is 1.31. The Labute approximate surface area is 119 Å². The lowest BCUT2D eigenvalue weighted by molar-refractivity contribution is 0.0562. The molecule has 2 N–H and O–H groups in total. The van der Waals surface area contributed by atoms with Crippen LogP contribution in [0.4, 0.5) is 0 Å². The van der Waals surface area contributed by atoms with Crippen LogP contribution in [0.3, 0.4) is 0 Å². The van der Waals surface area contributed by atoms with E-state index in [1.165, 1.54) is 7.11 Å². The second kappa shape index (κ2) is 5.59.